The summed E-state index contributed by atoms with van der Waals surface area (Å²) in [5.41, 5.74) is 2.38. The van der Waals surface area contributed by atoms with Crippen molar-refractivity contribution in [3.8, 4) is 0 Å². The molecule has 0 radical (unpaired) electrons. The predicted octanol–water partition coefficient (Wildman–Crippen LogP) is 4.29. The lowest BCUT2D eigenvalue weighted by molar-refractivity contribution is 0.0651. The van der Waals surface area contributed by atoms with Crippen LogP contribution in [0.25, 0.3) is 0 Å². The molecule has 0 aromatic heterocycles. The van der Waals surface area contributed by atoms with Crippen LogP contribution in [-0.4, -0.2) is 22.2 Å². The number of hydrogen-bond donors (Lipinski definition) is 2. The summed E-state index contributed by atoms with van der Waals surface area (Å²) in [6, 6.07) is 24.1. The van der Waals surface area contributed by atoms with Crippen molar-refractivity contribution in [2.45, 2.75) is 13.1 Å². The number of carboxylic acids is 2. The number of aromatic carboxylic acids is 2. The van der Waals surface area contributed by atoms with Crippen molar-refractivity contribution in [2.24, 2.45) is 0 Å². The fourth-order valence-corrected chi connectivity index (χ4v) is 2.94. The first-order valence-electron chi connectivity index (χ1n) is 8.48. The minimum Gasteiger partial charge on any atom is -0.478 e. The van der Waals surface area contributed by atoms with E-state index in [-0.39, 0.29) is 11.1 Å². The lowest BCUT2D eigenvalue weighted by Gasteiger charge is -2.26. The second kappa shape index (κ2) is 8.19. The fourth-order valence-electron chi connectivity index (χ4n) is 2.94. The first kappa shape index (κ1) is 18.2. The Bertz CT molecular complexity index is 898. The van der Waals surface area contributed by atoms with E-state index in [0.717, 1.165) is 11.1 Å². The van der Waals surface area contributed by atoms with Crippen LogP contribution < -0.4 is 4.90 Å². The van der Waals surface area contributed by atoms with Gasteiger partial charge in [0.15, 0.2) is 0 Å². The van der Waals surface area contributed by atoms with Crippen LogP contribution >= 0.6 is 0 Å². The Morgan fingerprint density at radius 2 is 1.15 bits per heavy atom. The molecule has 0 saturated heterocycles. The molecule has 0 spiro atoms. The van der Waals surface area contributed by atoms with E-state index in [4.69, 9.17) is 0 Å². The van der Waals surface area contributed by atoms with Crippen LogP contribution in [0.1, 0.15) is 31.8 Å². The summed E-state index contributed by atoms with van der Waals surface area (Å²) in [5, 5.41) is 18.7. The monoisotopic (exact) mass is 361 g/mol. The third kappa shape index (κ3) is 4.52. The second-order valence-corrected chi connectivity index (χ2v) is 6.17. The molecule has 0 bridgehead atoms. The van der Waals surface area contributed by atoms with Gasteiger partial charge in [-0.3, -0.25) is 0 Å². The van der Waals surface area contributed by atoms with Crippen LogP contribution in [-0.2, 0) is 13.1 Å². The minimum absolute atomic E-state index is 0.217. The molecule has 0 aliphatic heterocycles. The lowest BCUT2D eigenvalue weighted by Crippen LogP contribution is -2.23. The standard InChI is InChI=1S/C22H19NO4/c24-21(25)19-12-11-18(13-20(19)22(26)27)23(14-16-7-3-1-4-8-16)15-17-9-5-2-6-10-17/h1-13H,14-15H2,(H,24,25)(H,26,27). The van der Waals surface area contributed by atoms with Gasteiger partial charge in [0.1, 0.15) is 0 Å². The quantitative estimate of drug-likeness (QED) is 0.656. The van der Waals surface area contributed by atoms with Gasteiger partial charge in [-0.2, -0.15) is 0 Å². The Balaban J connectivity index is 2.00. The summed E-state index contributed by atoms with van der Waals surface area (Å²) in [7, 11) is 0. The summed E-state index contributed by atoms with van der Waals surface area (Å²) in [4.78, 5) is 24.9. The number of rotatable bonds is 7. The Morgan fingerprint density at radius 1 is 0.667 bits per heavy atom. The third-order valence-corrected chi connectivity index (χ3v) is 4.26. The largest absolute Gasteiger partial charge is 0.478 e. The smallest absolute Gasteiger partial charge is 0.336 e. The van der Waals surface area contributed by atoms with E-state index in [1.165, 1.54) is 12.1 Å². The van der Waals surface area contributed by atoms with Crippen molar-refractivity contribution >= 4 is 17.6 Å². The molecule has 3 aromatic rings. The molecule has 136 valence electrons. The number of nitrogens with zero attached hydrogens (tertiary/aromatic N) is 1. The van der Waals surface area contributed by atoms with Gasteiger partial charge in [0.25, 0.3) is 0 Å². The average Bonchev–Trinajstić information content (AvgIpc) is 2.68. The molecule has 0 atom stereocenters. The third-order valence-electron chi connectivity index (χ3n) is 4.26. The van der Waals surface area contributed by atoms with Crippen LogP contribution in [0.15, 0.2) is 78.9 Å². The van der Waals surface area contributed by atoms with E-state index in [9.17, 15) is 19.8 Å². The molecule has 0 heterocycles. The Hall–Kier alpha value is -3.60. The highest BCUT2D eigenvalue weighted by atomic mass is 16.4. The zero-order valence-corrected chi connectivity index (χ0v) is 14.6. The molecule has 5 nitrogen and oxygen atoms in total. The maximum atomic E-state index is 11.5. The van der Waals surface area contributed by atoms with Crippen molar-refractivity contribution in [3.05, 3.63) is 101 Å². The van der Waals surface area contributed by atoms with Crippen molar-refractivity contribution in [2.75, 3.05) is 4.90 Å². The van der Waals surface area contributed by atoms with Gasteiger partial charge in [-0.15, -0.1) is 0 Å². The number of hydrogen-bond acceptors (Lipinski definition) is 3. The van der Waals surface area contributed by atoms with Crippen LogP contribution in [0.5, 0.6) is 0 Å². The van der Waals surface area contributed by atoms with Gasteiger partial charge >= 0.3 is 11.9 Å². The summed E-state index contributed by atoms with van der Waals surface area (Å²) in [6.45, 7) is 1.14. The highest BCUT2D eigenvalue weighted by Crippen LogP contribution is 2.24. The number of anilines is 1. The molecule has 3 rings (SSSR count). The van der Waals surface area contributed by atoms with Gasteiger partial charge in [-0.1, -0.05) is 60.7 Å². The average molecular weight is 361 g/mol. The summed E-state index contributed by atoms with van der Waals surface area (Å²) < 4.78 is 0. The molecule has 0 fully saturated rings. The molecule has 2 N–H and O–H groups in total. The van der Waals surface area contributed by atoms with Crippen molar-refractivity contribution in [1.29, 1.82) is 0 Å². The van der Waals surface area contributed by atoms with Crippen molar-refractivity contribution in [3.63, 3.8) is 0 Å². The van der Waals surface area contributed by atoms with Gasteiger partial charge in [0.05, 0.1) is 11.1 Å². The van der Waals surface area contributed by atoms with E-state index in [1.54, 1.807) is 6.07 Å². The second-order valence-electron chi connectivity index (χ2n) is 6.17. The number of benzene rings is 3. The molecule has 5 heteroatoms. The highest BCUT2D eigenvalue weighted by Gasteiger charge is 2.18. The zero-order valence-electron chi connectivity index (χ0n) is 14.6. The lowest BCUT2D eigenvalue weighted by atomic mass is 10.0. The molecular formula is C22H19NO4. The molecule has 3 aromatic carbocycles. The predicted molar refractivity (Wildman–Crippen MR) is 103 cm³/mol. The van der Waals surface area contributed by atoms with Crippen molar-refractivity contribution < 1.29 is 19.8 Å². The molecule has 0 saturated carbocycles. The molecule has 0 aliphatic rings. The number of carbonyl (C=O) groups is 2. The van der Waals surface area contributed by atoms with E-state index in [2.05, 4.69) is 0 Å². The van der Waals surface area contributed by atoms with E-state index in [1.807, 2.05) is 65.6 Å². The molecule has 0 amide bonds. The van der Waals surface area contributed by atoms with Gasteiger partial charge in [0.2, 0.25) is 0 Å². The minimum atomic E-state index is -1.26. The Kier molecular flexibility index (Phi) is 5.52. The maximum Gasteiger partial charge on any atom is 0.336 e. The zero-order chi connectivity index (χ0) is 19.2. The van der Waals surface area contributed by atoms with Gasteiger partial charge < -0.3 is 15.1 Å². The van der Waals surface area contributed by atoms with Crippen LogP contribution in [0.4, 0.5) is 5.69 Å². The normalized spacial score (nSPS) is 10.4. The molecule has 0 unspecified atom stereocenters. The van der Waals surface area contributed by atoms with E-state index < -0.39 is 11.9 Å². The van der Waals surface area contributed by atoms with Crippen LogP contribution in [0.2, 0.25) is 0 Å². The Morgan fingerprint density at radius 3 is 1.59 bits per heavy atom. The highest BCUT2D eigenvalue weighted by molar-refractivity contribution is 6.02. The van der Waals surface area contributed by atoms with Crippen molar-refractivity contribution in [1.82, 2.24) is 0 Å². The van der Waals surface area contributed by atoms with Gasteiger partial charge in [-0.05, 0) is 29.3 Å². The van der Waals surface area contributed by atoms with Crippen LogP contribution in [0, 0.1) is 0 Å². The molecule has 27 heavy (non-hydrogen) atoms. The summed E-state index contributed by atoms with van der Waals surface area (Å²) in [5.74, 6) is -2.51. The van der Waals surface area contributed by atoms with Gasteiger partial charge in [0, 0.05) is 18.8 Å². The molecule has 0 aliphatic carbocycles. The SMILES string of the molecule is O=C(O)c1ccc(N(Cc2ccccc2)Cc2ccccc2)cc1C(=O)O. The Labute approximate surface area is 157 Å². The first-order valence-corrected chi connectivity index (χ1v) is 8.48. The number of carboxylic acid groups (broad SMARTS) is 2. The van der Waals surface area contributed by atoms with Crippen LogP contribution in [0.3, 0.4) is 0 Å². The fraction of sp³-hybridized carbons (Fsp3) is 0.0909. The maximum absolute atomic E-state index is 11.5. The molecular weight excluding hydrogens is 342 g/mol. The van der Waals surface area contributed by atoms with E-state index in [0.29, 0.717) is 18.8 Å². The van der Waals surface area contributed by atoms with E-state index >= 15 is 0 Å². The topological polar surface area (TPSA) is 77.8 Å². The first-order chi connectivity index (χ1) is 13.0. The van der Waals surface area contributed by atoms with Gasteiger partial charge in [-0.25, -0.2) is 9.59 Å². The summed E-state index contributed by atoms with van der Waals surface area (Å²) >= 11 is 0. The summed E-state index contributed by atoms with van der Waals surface area (Å²) in [6.07, 6.45) is 0.